The average Bonchev–Trinajstić information content (AvgIpc) is 3.43. The van der Waals surface area contributed by atoms with E-state index in [9.17, 15) is 31.1 Å². The number of rotatable bonds is 3. The molecule has 0 aliphatic carbocycles. The van der Waals surface area contributed by atoms with Gasteiger partial charge in [-0.15, -0.1) is 0 Å². The Bertz CT molecular complexity index is 1670. The number of alkyl halides is 6. The van der Waals surface area contributed by atoms with Gasteiger partial charge in [0.05, 0.1) is 26.9 Å². The number of nitrogens with one attached hydrogen (secondary N) is 1. The topological polar surface area (TPSA) is 63.7 Å². The Labute approximate surface area is 213 Å². The van der Waals surface area contributed by atoms with Gasteiger partial charge in [-0.05, 0) is 24.3 Å². The molecule has 4 heterocycles. The molecule has 0 radical (unpaired) electrons. The zero-order valence-corrected chi connectivity index (χ0v) is 19.5. The van der Waals surface area contributed by atoms with Crippen molar-refractivity contribution in [2.45, 2.75) is 12.4 Å². The van der Waals surface area contributed by atoms with E-state index in [2.05, 4.69) is 15.3 Å². The van der Waals surface area contributed by atoms with E-state index in [-0.39, 0.29) is 27.0 Å². The van der Waals surface area contributed by atoms with Crippen LogP contribution in [-0.4, -0.2) is 24.7 Å². The number of aromatic nitrogens is 4. The summed E-state index contributed by atoms with van der Waals surface area (Å²) in [4.78, 5) is 20.9. The number of hydrogen-bond donors (Lipinski definition) is 1. The lowest BCUT2D eigenvalue weighted by Crippen LogP contribution is -2.12. The van der Waals surface area contributed by atoms with Crippen molar-refractivity contribution in [2.75, 3.05) is 5.32 Å². The van der Waals surface area contributed by atoms with Crippen LogP contribution in [0.5, 0.6) is 0 Å². The number of fused-ring (bicyclic) bond motifs is 2. The van der Waals surface area contributed by atoms with E-state index in [1.54, 1.807) is 12.1 Å². The van der Waals surface area contributed by atoms with E-state index in [1.807, 2.05) is 0 Å². The average molecular weight is 558 g/mol. The molecule has 4 aromatic heterocycles. The second-order valence-electron chi connectivity index (χ2n) is 7.89. The van der Waals surface area contributed by atoms with Gasteiger partial charge in [-0.1, -0.05) is 35.3 Å². The van der Waals surface area contributed by atoms with Crippen LogP contribution in [0.15, 0.2) is 61.2 Å². The molecule has 37 heavy (non-hydrogen) atoms. The lowest BCUT2D eigenvalue weighted by atomic mass is 10.1. The van der Waals surface area contributed by atoms with Crippen molar-refractivity contribution in [2.24, 2.45) is 0 Å². The first kappa shape index (κ1) is 24.9. The summed E-state index contributed by atoms with van der Waals surface area (Å²) in [6.45, 7) is 0. The monoisotopic (exact) mass is 557 g/mol. The van der Waals surface area contributed by atoms with Gasteiger partial charge in [-0.3, -0.25) is 4.79 Å². The van der Waals surface area contributed by atoms with Crippen molar-refractivity contribution >= 4 is 46.1 Å². The molecule has 1 aromatic carbocycles. The molecule has 190 valence electrons. The molecule has 0 atom stereocenters. The van der Waals surface area contributed by atoms with Crippen LogP contribution in [0.25, 0.3) is 22.6 Å². The van der Waals surface area contributed by atoms with Crippen LogP contribution in [0, 0.1) is 0 Å². The zero-order valence-electron chi connectivity index (χ0n) is 18.0. The second-order valence-corrected chi connectivity index (χ2v) is 8.71. The molecule has 6 nitrogen and oxygen atoms in total. The quantitative estimate of drug-likeness (QED) is 0.238. The van der Waals surface area contributed by atoms with Crippen LogP contribution in [0.2, 0.25) is 10.0 Å². The smallest absolute Gasteiger partial charge is 0.321 e. The minimum Gasteiger partial charge on any atom is -0.321 e. The molecular formula is C23H11Cl2F6N5O. The number of pyridine rings is 2. The highest BCUT2D eigenvalue weighted by Gasteiger charge is 2.33. The molecular weight excluding hydrogens is 547 g/mol. The normalized spacial score (nSPS) is 12.4. The number of benzene rings is 1. The fraction of sp³-hybridized carbons (Fsp3) is 0.0870. The van der Waals surface area contributed by atoms with Crippen LogP contribution in [0.4, 0.5) is 32.0 Å². The van der Waals surface area contributed by atoms with Crippen molar-refractivity contribution in [3.63, 3.8) is 0 Å². The number of imidazole rings is 2. The Hall–Kier alpha value is -3.77. The summed E-state index contributed by atoms with van der Waals surface area (Å²) in [5.41, 5.74) is -0.756. The highest BCUT2D eigenvalue weighted by Crippen LogP contribution is 2.34. The van der Waals surface area contributed by atoms with Crippen molar-refractivity contribution in [1.82, 2.24) is 18.8 Å². The fourth-order valence-electron chi connectivity index (χ4n) is 3.59. The predicted octanol–water partition coefficient (Wildman–Crippen LogP) is 7.25. The maximum absolute atomic E-state index is 13.1. The first-order valence-electron chi connectivity index (χ1n) is 10.2. The molecule has 5 rings (SSSR count). The maximum atomic E-state index is 13.1. The summed E-state index contributed by atoms with van der Waals surface area (Å²) in [7, 11) is 0. The van der Waals surface area contributed by atoms with Crippen LogP contribution < -0.4 is 5.32 Å². The van der Waals surface area contributed by atoms with Crippen LogP contribution >= 0.6 is 23.2 Å². The number of anilines is 1. The fourth-order valence-corrected chi connectivity index (χ4v) is 4.11. The highest BCUT2D eigenvalue weighted by molar-refractivity contribution is 6.34. The molecule has 0 bridgehead atoms. The first-order valence-corrected chi connectivity index (χ1v) is 11.0. The van der Waals surface area contributed by atoms with Gasteiger partial charge in [0, 0.05) is 36.0 Å². The van der Waals surface area contributed by atoms with Gasteiger partial charge < -0.3 is 14.1 Å². The SMILES string of the molecule is O=C(Nc1ccc(-c2cn3cc(C(F)(F)F)cc(Cl)c3n2)cc1)c1cn2cc(C(F)(F)F)cc(Cl)c2n1. The Kier molecular flexibility index (Phi) is 5.83. The number of carbonyl (C=O) groups is 1. The van der Waals surface area contributed by atoms with Gasteiger partial charge in [0.15, 0.2) is 11.3 Å². The molecule has 1 N–H and O–H groups in total. The van der Waals surface area contributed by atoms with Crippen molar-refractivity contribution < 1.29 is 31.1 Å². The van der Waals surface area contributed by atoms with Gasteiger partial charge in [-0.2, -0.15) is 26.3 Å². The van der Waals surface area contributed by atoms with Gasteiger partial charge in [0.2, 0.25) is 0 Å². The third kappa shape index (κ3) is 4.81. The molecule has 0 aliphatic rings. The molecule has 14 heteroatoms. The van der Waals surface area contributed by atoms with E-state index in [0.29, 0.717) is 16.9 Å². The summed E-state index contributed by atoms with van der Waals surface area (Å²) in [6, 6.07) is 7.71. The van der Waals surface area contributed by atoms with Gasteiger partial charge in [-0.25, -0.2) is 9.97 Å². The third-order valence-corrected chi connectivity index (χ3v) is 5.89. The minimum absolute atomic E-state index is 0.0191. The van der Waals surface area contributed by atoms with Crippen molar-refractivity contribution in [1.29, 1.82) is 0 Å². The lowest BCUT2D eigenvalue weighted by Gasteiger charge is -2.07. The summed E-state index contributed by atoms with van der Waals surface area (Å²) in [6.07, 6.45) is -5.03. The number of amides is 1. The number of carbonyl (C=O) groups excluding carboxylic acids is 1. The molecule has 0 unspecified atom stereocenters. The summed E-state index contributed by atoms with van der Waals surface area (Å²) < 4.78 is 80.4. The first-order chi connectivity index (χ1) is 17.3. The van der Waals surface area contributed by atoms with Gasteiger partial charge in [0.25, 0.3) is 5.91 Å². The predicted molar refractivity (Wildman–Crippen MR) is 124 cm³/mol. The Morgan fingerprint density at radius 3 is 1.81 bits per heavy atom. The van der Waals surface area contributed by atoms with Crippen molar-refractivity contribution in [3.8, 4) is 11.3 Å². The largest absolute Gasteiger partial charge is 0.417 e. The highest BCUT2D eigenvalue weighted by atomic mass is 35.5. The van der Waals surface area contributed by atoms with E-state index in [4.69, 9.17) is 23.2 Å². The number of nitrogens with zero attached hydrogens (tertiary/aromatic N) is 4. The standard InChI is InChI=1S/C23H11Cl2F6N5O/c24-15-5-12(22(26,27)28)7-35-9-17(33-19(15)35)11-1-3-14(4-2-11)32-21(37)18-10-36-8-13(23(29,30)31)6-16(25)20(36)34-18/h1-10H,(H,32,37). The number of hydrogen-bond acceptors (Lipinski definition) is 3. The second kappa shape index (κ2) is 8.67. The van der Waals surface area contributed by atoms with E-state index in [0.717, 1.165) is 35.1 Å². The van der Waals surface area contributed by atoms with Crippen LogP contribution in [-0.2, 0) is 12.4 Å². The molecule has 0 spiro atoms. The lowest BCUT2D eigenvalue weighted by molar-refractivity contribution is -0.138. The van der Waals surface area contributed by atoms with Gasteiger partial charge in [0.1, 0.15) is 5.69 Å². The molecule has 0 fully saturated rings. The van der Waals surface area contributed by atoms with E-state index < -0.39 is 29.4 Å². The van der Waals surface area contributed by atoms with Gasteiger partial charge >= 0.3 is 12.4 Å². The molecule has 0 saturated carbocycles. The third-order valence-electron chi connectivity index (χ3n) is 5.34. The van der Waals surface area contributed by atoms with Crippen LogP contribution in [0.3, 0.4) is 0 Å². The molecule has 0 aliphatic heterocycles. The summed E-state index contributed by atoms with van der Waals surface area (Å²) >= 11 is 11.9. The zero-order chi connectivity index (χ0) is 26.7. The van der Waals surface area contributed by atoms with E-state index >= 15 is 0 Å². The minimum atomic E-state index is -4.63. The molecule has 5 aromatic rings. The Morgan fingerprint density at radius 2 is 1.27 bits per heavy atom. The van der Waals surface area contributed by atoms with Crippen molar-refractivity contribution in [3.05, 3.63) is 88.1 Å². The maximum Gasteiger partial charge on any atom is 0.417 e. The van der Waals surface area contributed by atoms with E-state index in [1.165, 1.54) is 22.7 Å². The Balaban J connectivity index is 1.38. The van der Waals surface area contributed by atoms with Crippen LogP contribution in [0.1, 0.15) is 21.6 Å². The number of halogens is 8. The summed E-state index contributed by atoms with van der Waals surface area (Å²) in [5.74, 6) is -0.694. The Morgan fingerprint density at radius 1 is 0.757 bits per heavy atom. The molecule has 0 saturated heterocycles. The molecule has 1 amide bonds. The summed E-state index contributed by atoms with van der Waals surface area (Å²) in [5, 5.41) is 2.13.